The van der Waals surface area contributed by atoms with Gasteiger partial charge in [-0.15, -0.1) is 5.21 Å². The maximum atomic E-state index is 4.55. The standard InChI is InChI=1S/C10H21N5/c1-9(2,3)11-8-12-14(7)13-15(8)10(4,5)6/h1-7H3. The summed E-state index contributed by atoms with van der Waals surface area (Å²) in [6.07, 6.45) is 0. The van der Waals surface area contributed by atoms with Crippen LogP contribution < -0.4 is 15.5 Å². The van der Waals surface area contributed by atoms with Crippen molar-refractivity contribution in [3.63, 3.8) is 0 Å². The summed E-state index contributed by atoms with van der Waals surface area (Å²) in [5, 5.41) is 8.56. The SMILES string of the molecule is C[n+]1nn(C(C)(C)C)c(=NC(C)(C)C)[n-]1. The van der Waals surface area contributed by atoms with Crippen LogP contribution in [0.2, 0.25) is 0 Å². The smallest absolute Gasteiger partial charge is 0.120 e. The predicted molar refractivity (Wildman–Crippen MR) is 57.0 cm³/mol. The van der Waals surface area contributed by atoms with Crippen molar-refractivity contribution in [1.29, 1.82) is 0 Å². The summed E-state index contributed by atoms with van der Waals surface area (Å²) in [4.78, 5) is 6.10. The van der Waals surface area contributed by atoms with Gasteiger partial charge in [0.15, 0.2) is 0 Å². The lowest BCUT2D eigenvalue weighted by Crippen LogP contribution is -2.38. The third-order valence-electron chi connectivity index (χ3n) is 1.71. The van der Waals surface area contributed by atoms with Gasteiger partial charge in [0, 0.05) is 11.1 Å². The summed E-state index contributed by atoms with van der Waals surface area (Å²) in [7, 11) is 1.81. The second-order valence-electron chi connectivity index (χ2n) is 5.74. The Morgan fingerprint density at radius 2 is 1.73 bits per heavy atom. The van der Waals surface area contributed by atoms with Gasteiger partial charge in [-0.25, -0.2) is 0 Å². The maximum Gasteiger partial charge on any atom is 0.120 e. The molecule has 1 heterocycles. The Morgan fingerprint density at radius 1 is 1.20 bits per heavy atom. The van der Waals surface area contributed by atoms with Crippen molar-refractivity contribution in [2.24, 2.45) is 12.0 Å². The van der Waals surface area contributed by atoms with E-state index in [1.165, 1.54) is 0 Å². The number of hydrogen-bond acceptors (Lipinski definition) is 2. The molecule has 1 aromatic heterocycles. The predicted octanol–water partition coefficient (Wildman–Crippen LogP) is 0.119. The Kier molecular flexibility index (Phi) is 2.76. The number of nitrogens with zero attached hydrogens (tertiary/aromatic N) is 5. The van der Waals surface area contributed by atoms with Crippen molar-refractivity contribution in [3.8, 4) is 0 Å². The summed E-state index contributed by atoms with van der Waals surface area (Å²) < 4.78 is 1.85. The van der Waals surface area contributed by atoms with Gasteiger partial charge in [-0.2, -0.15) is 9.90 Å². The first-order valence-corrected chi connectivity index (χ1v) is 5.17. The first-order chi connectivity index (χ1) is 6.59. The molecule has 5 nitrogen and oxygen atoms in total. The first-order valence-electron chi connectivity index (χ1n) is 5.17. The van der Waals surface area contributed by atoms with Crippen LogP contribution in [-0.4, -0.2) is 15.4 Å². The Labute approximate surface area is 90.8 Å². The van der Waals surface area contributed by atoms with Crippen LogP contribution in [0.15, 0.2) is 4.99 Å². The van der Waals surface area contributed by atoms with Gasteiger partial charge in [0.2, 0.25) is 0 Å². The van der Waals surface area contributed by atoms with Gasteiger partial charge in [0.1, 0.15) is 12.7 Å². The molecule has 15 heavy (non-hydrogen) atoms. The molecule has 0 aliphatic rings. The molecule has 0 amide bonds. The zero-order chi connectivity index (χ0) is 11.9. The summed E-state index contributed by atoms with van der Waals surface area (Å²) in [5.74, 6) is 0. The van der Waals surface area contributed by atoms with E-state index >= 15 is 0 Å². The quantitative estimate of drug-likeness (QED) is 0.572. The highest BCUT2D eigenvalue weighted by Crippen LogP contribution is 2.08. The van der Waals surface area contributed by atoms with E-state index < -0.39 is 0 Å². The minimum atomic E-state index is -0.136. The number of tetrazole rings is 1. The molecule has 0 saturated heterocycles. The lowest BCUT2D eigenvalue weighted by Gasteiger charge is -2.24. The van der Waals surface area contributed by atoms with Crippen LogP contribution in [0.3, 0.4) is 0 Å². The van der Waals surface area contributed by atoms with E-state index in [2.05, 4.69) is 56.8 Å². The molecule has 1 aromatic rings. The number of aryl methyl sites for hydroxylation is 1. The van der Waals surface area contributed by atoms with Gasteiger partial charge in [-0.1, -0.05) is 41.5 Å². The van der Waals surface area contributed by atoms with Crippen LogP contribution in [0.4, 0.5) is 0 Å². The molecule has 0 aliphatic carbocycles. The maximum absolute atomic E-state index is 4.55. The van der Waals surface area contributed by atoms with Crippen LogP contribution in [0.25, 0.3) is 0 Å². The normalized spacial score (nSPS) is 14.7. The van der Waals surface area contributed by atoms with Crippen molar-refractivity contribution in [1.82, 2.24) is 15.0 Å². The molecule has 0 aliphatic heterocycles. The van der Waals surface area contributed by atoms with E-state index in [1.807, 2.05) is 11.7 Å². The summed E-state index contributed by atoms with van der Waals surface area (Å²) in [6.45, 7) is 12.4. The first kappa shape index (κ1) is 11.9. The Hall–Kier alpha value is -1.13. The molecule has 0 atom stereocenters. The second-order valence-corrected chi connectivity index (χ2v) is 5.74. The van der Waals surface area contributed by atoms with Crippen molar-refractivity contribution in [3.05, 3.63) is 5.62 Å². The molecular formula is C10H21N5. The lowest BCUT2D eigenvalue weighted by molar-refractivity contribution is -0.790. The van der Waals surface area contributed by atoms with Gasteiger partial charge >= 0.3 is 0 Å². The average Bonchev–Trinajstić information content (AvgIpc) is 2.25. The molecule has 0 fully saturated rings. The lowest BCUT2D eigenvalue weighted by atomic mass is 10.1. The molecule has 0 saturated carbocycles. The Bertz CT molecular complexity index is 397. The van der Waals surface area contributed by atoms with Crippen molar-refractivity contribution >= 4 is 0 Å². The Morgan fingerprint density at radius 3 is 2.13 bits per heavy atom. The Balaban J connectivity index is 3.37. The minimum Gasteiger partial charge on any atom is -0.349 e. The molecule has 0 aromatic carbocycles. The van der Waals surface area contributed by atoms with Crippen LogP contribution in [0.5, 0.6) is 0 Å². The van der Waals surface area contributed by atoms with E-state index in [9.17, 15) is 0 Å². The van der Waals surface area contributed by atoms with E-state index in [0.29, 0.717) is 5.62 Å². The highest BCUT2D eigenvalue weighted by Gasteiger charge is 2.13. The monoisotopic (exact) mass is 211 g/mol. The molecule has 86 valence electrons. The van der Waals surface area contributed by atoms with Crippen molar-refractivity contribution in [2.45, 2.75) is 52.6 Å². The fraction of sp³-hybridized carbons (Fsp3) is 0.900. The zero-order valence-electron chi connectivity index (χ0n) is 10.7. The molecular weight excluding hydrogens is 190 g/mol. The zero-order valence-corrected chi connectivity index (χ0v) is 10.7. The fourth-order valence-corrected chi connectivity index (χ4v) is 1.17. The third kappa shape index (κ3) is 3.18. The molecule has 0 unspecified atom stereocenters. The highest BCUT2D eigenvalue weighted by atomic mass is 15.6. The van der Waals surface area contributed by atoms with E-state index in [-0.39, 0.29) is 11.1 Å². The summed E-state index contributed by atoms with van der Waals surface area (Å²) >= 11 is 0. The average molecular weight is 211 g/mol. The van der Waals surface area contributed by atoms with Gasteiger partial charge < -0.3 is 9.67 Å². The topological polar surface area (TPSA) is 48.2 Å². The minimum absolute atomic E-state index is 0.0989. The number of hydrogen-bond donors (Lipinski definition) is 0. The van der Waals surface area contributed by atoms with Gasteiger partial charge in [-0.3, -0.25) is 0 Å². The van der Waals surface area contributed by atoms with E-state index in [1.54, 1.807) is 4.80 Å². The number of aromatic nitrogens is 4. The number of rotatable bonds is 0. The summed E-state index contributed by atoms with van der Waals surface area (Å²) in [6, 6.07) is 0. The van der Waals surface area contributed by atoms with E-state index in [0.717, 1.165) is 0 Å². The molecule has 0 radical (unpaired) electrons. The van der Waals surface area contributed by atoms with Crippen LogP contribution in [-0.2, 0) is 12.6 Å². The molecule has 5 heteroatoms. The highest BCUT2D eigenvalue weighted by molar-refractivity contribution is 4.74. The molecule has 0 spiro atoms. The van der Waals surface area contributed by atoms with Gasteiger partial charge in [-0.05, 0) is 0 Å². The van der Waals surface area contributed by atoms with Crippen LogP contribution >= 0.6 is 0 Å². The molecule has 0 N–H and O–H groups in total. The van der Waals surface area contributed by atoms with Gasteiger partial charge in [0.05, 0.1) is 0 Å². The molecule has 0 bridgehead atoms. The largest absolute Gasteiger partial charge is 0.349 e. The van der Waals surface area contributed by atoms with Crippen LogP contribution in [0, 0.1) is 0 Å². The summed E-state index contributed by atoms with van der Waals surface area (Å²) in [5.41, 5.74) is 0.443. The molecule has 1 rings (SSSR count). The van der Waals surface area contributed by atoms with Gasteiger partial charge in [0.25, 0.3) is 0 Å². The second kappa shape index (κ2) is 3.47. The third-order valence-corrected chi connectivity index (χ3v) is 1.71. The van der Waals surface area contributed by atoms with Crippen molar-refractivity contribution < 1.29 is 4.80 Å². The fourth-order valence-electron chi connectivity index (χ4n) is 1.17. The van der Waals surface area contributed by atoms with Crippen LogP contribution in [0.1, 0.15) is 41.5 Å². The van der Waals surface area contributed by atoms with E-state index in [4.69, 9.17) is 0 Å². The van der Waals surface area contributed by atoms with Crippen molar-refractivity contribution in [2.75, 3.05) is 0 Å².